The quantitative estimate of drug-likeness (QED) is 0.730. The zero-order valence-electron chi connectivity index (χ0n) is 13.0. The number of aliphatic hydroxyl groups excluding tert-OH is 1. The maximum absolute atomic E-state index is 9.21. The summed E-state index contributed by atoms with van der Waals surface area (Å²) in [5.74, 6) is 2.17. The van der Waals surface area contributed by atoms with E-state index in [0.29, 0.717) is 25.6 Å². The monoisotopic (exact) mass is 281 g/mol. The molecule has 0 saturated carbocycles. The molecule has 4 nitrogen and oxygen atoms in total. The van der Waals surface area contributed by atoms with E-state index >= 15 is 0 Å². The van der Waals surface area contributed by atoms with Crippen molar-refractivity contribution >= 4 is 0 Å². The lowest BCUT2D eigenvalue weighted by Gasteiger charge is -2.13. The fourth-order valence-electron chi connectivity index (χ4n) is 1.77. The van der Waals surface area contributed by atoms with Crippen LogP contribution in [-0.2, 0) is 6.54 Å². The van der Waals surface area contributed by atoms with E-state index in [2.05, 4.69) is 19.2 Å². The van der Waals surface area contributed by atoms with Crippen LogP contribution in [0, 0.1) is 5.92 Å². The molecule has 0 amide bonds. The third-order valence-electron chi connectivity index (χ3n) is 2.95. The first-order chi connectivity index (χ1) is 9.52. The Bertz CT molecular complexity index is 391. The average Bonchev–Trinajstić information content (AvgIpc) is 2.39. The number of methoxy groups -OCH3 is 1. The average molecular weight is 281 g/mol. The molecule has 0 aliphatic rings. The maximum Gasteiger partial charge on any atom is 0.161 e. The third-order valence-corrected chi connectivity index (χ3v) is 2.95. The molecule has 0 heterocycles. The van der Waals surface area contributed by atoms with Gasteiger partial charge in [0.1, 0.15) is 0 Å². The minimum absolute atomic E-state index is 0.337. The summed E-state index contributed by atoms with van der Waals surface area (Å²) in [6.45, 7) is 8.10. The van der Waals surface area contributed by atoms with Gasteiger partial charge < -0.3 is 19.9 Å². The van der Waals surface area contributed by atoms with Crippen LogP contribution in [0.25, 0.3) is 0 Å². The van der Waals surface area contributed by atoms with Crippen molar-refractivity contribution in [1.29, 1.82) is 0 Å². The van der Waals surface area contributed by atoms with Crippen LogP contribution in [-0.4, -0.2) is 31.5 Å². The predicted molar refractivity (Wildman–Crippen MR) is 81.3 cm³/mol. The Morgan fingerprint density at radius 1 is 1.20 bits per heavy atom. The molecule has 0 radical (unpaired) electrons. The van der Waals surface area contributed by atoms with Gasteiger partial charge in [-0.15, -0.1) is 0 Å². The van der Waals surface area contributed by atoms with Crippen LogP contribution < -0.4 is 14.8 Å². The fourth-order valence-corrected chi connectivity index (χ4v) is 1.77. The minimum Gasteiger partial charge on any atom is -0.493 e. The Morgan fingerprint density at radius 2 is 1.95 bits per heavy atom. The Balaban J connectivity index is 2.56. The Morgan fingerprint density at radius 3 is 2.55 bits per heavy atom. The lowest BCUT2D eigenvalue weighted by atomic mass is 10.1. The summed E-state index contributed by atoms with van der Waals surface area (Å²) in [6, 6.07) is 5.93. The first-order valence-electron chi connectivity index (χ1n) is 7.21. The van der Waals surface area contributed by atoms with Gasteiger partial charge in [0, 0.05) is 13.1 Å². The second-order valence-electron chi connectivity index (χ2n) is 5.50. The van der Waals surface area contributed by atoms with Crippen molar-refractivity contribution in [2.75, 3.05) is 20.3 Å². The van der Waals surface area contributed by atoms with Crippen LogP contribution in [0.3, 0.4) is 0 Å². The van der Waals surface area contributed by atoms with E-state index in [4.69, 9.17) is 9.47 Å². The molecule has 0 aliphatic carbocycles. The summed E-state index contributed by atoms with van der Waals surface area (Å²) in [4.78, 5) is 0. The smallest absolute Gasteiger partial charge is 0.161 e. The van der Waals surface area contributed by atoms with E-state index in [1.807, 2.05) is 18.2 Å². The van der Waals surface area contributed by atoms with Crippen molar-refractivity contribution < 1.29 is 14.6 Å². The molecule has 4 heteroatoms. The first kappa shape index (κ1) is 16.8. The number of hydrogen-bond acceptors (Lipinski definition) is 4. The third kappa shape index (κ3) is 6.26. The molecule has 1 unspecified atom stereocenters. The first-order valence-corrected chi connectivity index (χ1v) is 7.21. The van der Waals surface area contributed by atoms with Crippen LogP contribution >= 0.6 is 0 Å². The number of rotatable bonds is 9. The van der Waals surface area contributed by atoms with E-state index < -0.39 is 0 Å². The van der Waals surface area contributed by atoms with Gasteiger partial charge in [-0.3, -0.25) is 0 Å². The van der Waals surface area contributed by atoms with Gasteiger partial charge in [-0.1, -0.05) is 19.9 Å². The molecule has 0 bridgehead atoms. The van der Waals surface area contributed by atoms with Gasteiger partial charge in [0.15, 0.2) is 11.5 Å². The highest BCUT2D eigenvalue weighted by atomic mass is 16.5. The Hall–Kier alpha value is -1.26. The van der Waals surface area contributed by atoms with Gasteiger partial charge >= 0.3 is 0 Å². The Labute approximate surface area is 122 Å². The van der Waals surface area contributed by atoms with Crippen LogP contribution in [0.1, 0.15) is 32.8 Å². The number of nitrogens with one attached hydrogen (secondary N) is 1. The summed E-state index contributed by atoms with van der Waals surface area (Å²) in [5.41, 5.74) is 1.11. The van der Waals surface area contributed by atoms with E-state index in [-0.39, 0.29) is 6.10 Å². The fraction of sp³-hybridized carbons (Fsp3) is 0.625. The molecule has 114 valence electrons. The van der Waals surface area contributed by atoms with Crippen LogP contribution in [0.15, 0.2) is 18.2 Å². The summed E-state index contributed by atoms with van der Waals surface area (Å²) >= 11 is 0. The predicted octanol–water partition coefficient (Wildman–Crippen LogP) is 2.59. The SMILES string of the molecule is COc1cc(CNCC(C)O)ccc1OCCC(C)C. The molecular weight excluding hydrogens is 254 g/mol. The van der Waals surface area contributed by atoms with E-state index in [0.717, 1.165) is 23.5 Å². The van der Waals surface area contributed by atoms with Crippen molar-refractivity contribution in [3.05, 3.63) is 23.8 Å². The van der Waals surface area contributed by atoms with E-state index in [1.165, 1.54) is 0 Å². The summed E-state index contributed by atoms with van der Waals surface area (Å²) in [7, 11) is 1.65. The molecule has 1 aromatic carbocycles. The molecular formula is C16H27NO3. The van der Waals surface area contributed by atoms with Gasteiger partial charge in [-0.2, -0.15) is 0 Å². The van der Waals surface area contributed by atoms with Crippen molar-refractivity contribution in [2.45, 2.75) is 39.8 Å². The highest BCUT2D eigenvalue weighted by Gasteiger charge is 2.06. The molecule has 1 atom stereocenters. The van der Waals surface area contributed by atoms with Gasteiger partial charge in [-0.25, -0.2) is 0 Å². The molecule has 0 aliphatic heterocycles. The minimum atomic E-state index is -0.337. The van der Waals surface area contributed by atoms with Crippen molar-refractivity contribution in [2.24, 2.45) is 5.92 Å². The topological polar surface area (TPSA) is 50.7 Å². The van der Waals surface area contributed by atoms with Crippen molar-refractivity contribution in [3.63, 3.8) is 0 Å². The van der Waals surface area contributed by atoms with Gasteiger partial charge in [0.05, 0.1) is 19.8 Å². The van der Waals surface area contributed by atoms with Crippen LogP contribution in [0.4, 0.5) is 0 Å². The van der Waals surface area contributed by atoms with E-state index in [9.17, 15) is 5.11 Å². The van der Waals surface area contributed by atoms with Gasteiger partial charge in [0.25, 0.3) is 0 Å². The number of aliphatic hydroxyl groups is 1. The zero-order chi connectivity index (χ0) is 15.0. The molecule has 2 N–H and O–H groups in total. The molecule has 1 rings (SSSR count). The van der Waals surface area contributed by atoms with Crippen LogP contribution in [0.5, 0.6) is 11.5 Å². The summed E-state index contributed by atoms with van der Waals surface area (Å²) < 4.78 is 11.1. The second-order valence-corrected chi connectivity index (χ2v) is 5.50. The highest BCUT2D eigenvalue weighted by molar-refractivity contribution is 5.42. The van der Waals surface area contributed by atoms with Crippen molar-refractivity contribution in [1.82, 2.24) is 5.32 Å². The largest absolute Gasteiger partial charge is 0.493 e. The second kappa shape index (κ2) is 8.82. The number of benzene rings is 1. The zero-order valence-corrected chi connectivity index (χ0v) is 13.0. The number of ether oxygens (including phenoxy) is 2. The maximum atomic E-state index is 9.21. The standard InChI is InChI=1S/C16H27NO3/c1-12(2)7-8-20-15-6-5-14(9-16(15)19-4)11-17-10-13(3)18/h5-6,9,12-13,17-18H,7-8,10-11H2,1-4H3. The lowest BCUT2D eigenvalue weighted by Crippen LogP contribution is -2.23. The summed E-state index contributed by atoms with van der Waals surface area (Å²) in [5, 5.41) is 12.4. The van der Waals surface area contributed by atoms with E-state index in [1.54, 1.807) is 14.0 Å². The molecule has 20 heavy (non-hydrogen) atoms. The van der Waals surface area contributed by atoms with Crippen LogP contribution in [0.2, 0.25) is 0 Å². The summed E-state index contributed by atoms with van der Waals surface area (Å²) in [6.07, 6.45) is 0.691. The molecule has 0 saturated heterocycles. The van der Waals surface area contributed by atoms with Gasteiger partial charge in [-0.05, 0) is 37.0 Å². The molecule has 0 spiro atoms. The normalized spacial score (nSPS) is 12.5. The van der Waals surface area contributed by atoms with Crippen molar-refractivity contribution in [3.8, 4) is 11.5 Å². The van der Waals surface area contributed by atoms with Gasteiger partial charge in [0.2, 0.25) is 0 Å². The number of hydrogen-bond donors (Lipinski definition) is 2. The lowest BCUT2D eigenvalue weighted by molar-refractivity contribution is 0.191. The Kier molecular flexibility index (Phi) is 7.41. The molecule has 0 aromatic heterocycles. The highest BCUT2D eigenvalue weighted by Crippen LogP contribution is 2.28. The molecule has 0 fully saturated rings. The molecule has 1 aromatic rings.